The lowest BCUT2D eigenvalue weighted by molar-refractivity contribution is -0.123. The van der Waals surface area contributed by atoms with E-state index in [4.69, 9.17) is 0 Å². The first-order chi connectivity index (χ1) is 14.6. The molecule has 1 aliphatic carbocycles. The number of anilines is 1. The maximum atomic E-state index is 13.6. The van der Waals surface area contributed by atoms with E-state index in [0.29, 0.717) is 5.69 Å². The van der Waals surface area contributed by atoms with Gasteiger partial charge in [-0.3, -0.25) is 14.5 Å². The summed E-state index contributed by atoms with van der Waals surface area (Å²) in [5, 5.41) is 10.8. The van der Waals surface area contributed by atoms with Crippen molar-refractivity contribution in [2.24, 2.45) is 0 Å². The largest absolute Gasteiger partial charge is 0.351 e. The van der Waals surface area contributed by atoms with Gasteiger partial charge in [-0.05, 0) is 54.4 Å². The number of para-hydroxylation sites is 1. The number of aromatic nitrogens is 2. The molecule has 0 radical (unpaired) electrons. The molecule has 0 spiro atoms. The highest BCUT2D eigenvalue weighted by Gasteiger charge is 2.36. The Bertz CT molecular complexity index is 983. The number of carbonyl (C=O) groups is 2. The van der Waals surface area contributed by atoms with Gasteiger partial charge < -0.3 is 5.32 Å². The van der Waals surface area contributed by atoms with Crippen molar-refractivity contribution in [1.82, 2.24) is 14.9 Å². The van der Waals surface area contributed by atoms with Crippen molar-refractivity contribution in [1.29, 1.82) is 0 Å². The van der Waals surface area contributed by atoms with Gasteiger partial charge in [0.25, 0.3) is 5.91 Å². The third-order valence-corrected chi connectivity index (χ3v) is 6.87. The summed E-state index contributed by atoms with van der Waals surface area (Å²) in [6.45, 7) is 1.94. The van der Waals surface area contributed by atoms with Crippen LogP contribution in [0.1, 0.15) is 59.1 Å². The van der Waals surface area contributed by atoms with Crippen LogP contribution in [0.5, 0.6) is 0 Å². The summed E-state index contributed by atoms with van der Waals surface area (Å²) in [4.78, 5) is 29.5. The number of nitrogens with one attached hydrogen (secondary N) is 1. The van der Waals surface area contributed by atoms with E-state index in [1.54, 1.807) is 10.3 Å². The number of hydrogen-bond acceptors (Lipinski definition) is 6. The van der Waals surface area contributed by atoms with Gasteiger partial charge in [0.2, 0.25) is 5.91 Å². The summed E-state index contributed by atoms with van der Waals surface area (Å²) in [5.41, 5.74) is 1.86. The van der Waals surface area contributed by atoms with Gasteiger partial charge in [-0.25, -0.2) is 0 Å². The molecule has 156 valence electrons. The van der Waals surface area contributed by atoms with Crippen molar-refractivity contribution in [2.75, 3.05) is 4.90 Å². The first-order valence-corrected chi connectivity index (χ1v) is 11.9. The minimum absolute atomic E-state index is 0.149. The monoisotopic (exact) mass is 440 g/mol. The first kappa shape index (κ1) is 20.7. The minimum Gasteiger partial charge on any atom is -0.351 e. The highest BCUT2D eigenvalue weighted by atomic mass is 32.1. The van der Waals surface area contributed by atoms with E-state index in [1.165, 1.54) is 17.8 Å². The van der Waals surface area contributed by atoms with Crippen LogP contribution < -0.4 is 10.2 Å². The van der Waals surface area contributed by atoms with Crippen LogP contribution in [0.3, 0.4) is 0 Å². The smallest absolute Gasteiger partial charge is 0.280 e. The van der Waals surface area contributed by atoms with Crippen molar-refractivity contribution in [3.8, 4) is 0 Å². The van der Waals surface area contributed by atoms with E-state index in [-0.39, 0.29) is 23.6 Å². The highest BCUT2D eigenvalue weighted by Crippen LogP contribution is 2.34. The van der Waals surface area contributed by atoms with Crippen LogP contribution in [0.15, 0.2) is 47.2 Å². The fraction of sp³-hybridized carbons (Fsp3) is 0.364. The maximum absolute atomic E-state index is 13.6. The van der Waals surface area contributed by atoms with Gasteiger partial charge in [-0.1, -0.05) is 48.0 Å². The predicted octanol–water partition coefficient (Wildman–Crippen LogP) is 4.75. The van der Waals surface area contributed by atoms with Crippen molar-refractivity contribution in [3.05, 3.63) is 63.3 Å². The van der Waals surface area contributed by atoms with Crippen LogP contribution in [0.4, 0.5) is 5.69 Å². The number of nitrogens with zero attached hydrogens (tertiary/aromatic N) is 3. The Morgan fingerprint density at radius 2 is 1.93 bits per heavy atom. The summed E-state index contributed by atoms with van der Waals surface area (Å²) in [6, 6.07) is 10.8. The second kappa shape index (κ2) is 9.49. The average molecular weight is 441 g/mol. The summed E-state index contributed by atoms with van der Waals surface area (Å²) in [6.07, 6.45) is 5.43. The number of thiophene rings is 1. The number of aryl methyl sites for hydroxylation is 1. The van der Waals surface area contributed by atoms with E-state index in [0.717, 1.165) is 47.7 Å². The molecule has 1 saturated carbocycles. The van der Waals surface area contributed by atoms with E-state index in [2.05, 4.69) is 14.9 Å². The van der Waals surface area contributed by atoms with Crippen molar-refractivity contribution >= 4 is 40.4 Å². The molecular formula is C22H24N4O2S2. The number of amides is 2. The Morgan fingerprint density at radius 3 is 2.60 bits per heavy atom. The highest BCUT2D eigenvalue weighted by molar-refractivity contribution is 7.10. The Labute approximate surface area is 184 Å². The molecule has 2 amide bonds. The average Bonchev–Trinajstić information content (AvgIpc) is 3.47. The molecule has 0 saturated heterocycles. The van der Waals surface area contributed by atoms with Crippen LogP contribution in [-0.4, -0.2) is 27.4 Å². The molecule has 4 rings (SSSR count). The minimum atomic E-state index is -0.762. The molecule has 1 atom stereocenters. The number of rotatable bonds is 6. The zero-order chi connectivity index (χ0) is 20.9. The van der Waals surface area contributed by atoms with E-state index in [1.807, 2.05) is 48.7 Å². The lowest BCUT2D eigenvalue weighted by Crippen LogP contribution is -2.47. The topological polar surface area (TPSA) is 75.2 Å². The Hall–Kier alpha value is -2.58. The van der Waals surface area contributed by atoms with Crippen molar-refractivity contribution in [2.45, 2.75) is 51.1 Å². The lowest BCUT2D eigenvalue weighted by Gasteiger charge is -2.33. The molecule has 1 aromatic carbocycles. The van der Waals surface area contributed by atoms with Crippen molar-refractivity contribution < 1.29 is 9.59 Å². The van der Waals surface area contributed by atoms with Gasteiger partial charge in [0.1, 0.15) is 0 Å². The Kier molecular flexibility index (Phi) is 6.54. The fourth-order valence-corrected chi connectivity index (χ4v) is 5.17. The normalized spacial score (nSPS) is 15.5. The molecule has 1 N–H and O–H groups in total. The lowest BCUT2D eigenvalue weighted by atomic mass is 9.95. The molecule has 30 heavy (non-hydrogen) atoms. The zero-order valence-corrected chi connectivity index (χ0v) is 18.4. The van der Waals surface area contributed by atoms with Crippen LogP contribution >= 0.6 is 22.9 Å². The van der Waals surface area contributed by atoms with Crippen LogP contribution in [-0.2, 0) is 4.79 Å². The van der Waals surface area contributed by atoms with E-state index in [9.17, 15) is 9.59 Å². The van der Waals surface area contributed by atoms with Crippen LogP contribution in [0.2, 0.25) is 0 Å². The Morgan fingerprint density at radius 1 is 1.13 bits per heavy atom. The van der Waals surface area contributed by atoms with Gasteiger partial charge in [0.05, 0.1) is 0 Å². The summed E-state index contributed by atoms with van der Waals surface area (Å²) >= 11 is 2.60. The zero-order valence-electron chi connectivity index (χ0n) is 16.8. The van der Waals surface area contributed by atoms with Gasteiger partial charge in [0.15, 0.2) is 11.7 Å². The van der Waals surface area contributed by atoms with Crippen LogP contribution in [0, 0.1) is 6.92 Å². The SMILES string of the molecule is Cc1ccccc1N(C(=O)c1csnn1)C(C(=O)NC1CCCCC1)c1cccs1. The molecule has 0 bridgehead atoms. The first-order valence-electron chi connectivity index (χ1n) is 10.1. The molecule has 1 aliphatic rings. The van der Waals surface area contributed by atoms with E-state index < -0.39 is 6.04 Å². The molecule has 0 aliphatic heterocycles. The third kappa shape index (κ3) is 4.44. The van der Waals surface area contributed by atoms with Crippen molar-refractivity contribution in [3.63, 3.8) is 0 Å². The molecule has 1 unspecified atom stereocenters. The molecular weight excluding hydrogens is 416 g/mol. The standard InChI is InChI=1S/C22H24N4O2S2/c1-15-8-5-6-11-18(15)26(22(28)17-14-30-25-24-17)20(19-12-7-13-29-19)21(27)23-16-9-3-2-4-10-16/h5-8,11-14,16,20H,2-4,9-10H2,1H3,(H,23,27). The predicted molar refractivity (Wildman–Crippen MR) is 120 cm³/mol. The molecule has 8 heteroatoms. The van der Waals surface area contributed by atoms with Crippen LogP contribution in [0.25, 0.3) is 0 Å². The second-order valence-corrected chi connectivity index (χ2v) is 9.10. The molecule has 1 fully saturated rings. The number of benzene rings is 1. The van der Waals surface area contributed by atoms with Gasteiger partial charge >= 0.3 is 0 Å². The summed E-state index contributed by atoms with van der Waals surface area (Å²) in [7, 11) is 0. The third-order valence-electron chi connectivity index (χ3n) is 5.44. The quantitative estimate of drug-likeness (QED) is 0.600. The summed E-state index contributed by atoms with van der Waals surface area (Å²) in [5.74, 6) is -0.473. The van der Waals surface area contributed by atoms with Gasteiger partial charge in [-0.2, -0.15) is 0 Å². The second-order valence-electron chi connectivity index (χ2n) is 7.51. The molecule has 6 nitrogen and oxygen atoms in total. The van der Waals surface area contributed by atoms with Gasteiger partial charge in [0, 0.05) is 22.0 Å². The summed E-state index contributed by atoms with van der Waals surface area (Å²) < 4.78 is 3.85. The van der Waals surface area contributed by atoms with Gasteiger partial charge in [-0.15, -0.1) is 16.4 Å². The Balaban J connectivity index is 1.76. The molecule has 3 aromatic rings. The number of hydrogen-bond donors (Lipinski definition) is 1. The maximum Gasteiger partial charge on any atom is 0.280 e. The number of carbonyl (C=O) groups excluding carboxylic acids is 2. The fourth-order valence-electron chi connectivity index (χ4n) is 3.93. The van der Waals surface area contributed by atoms with E-state index >= 15 is 0 Å². The molecule has 2 heterocycles. The molecule has 2 aromatic heterocycles.